The predicted molar refractivity (Wildman–Crippen MR) is 99.5 cm³/mol. The first-order valence-corrected chi connectivity index (χ1v) is 10.8. The number of nitrogens with one attached hydrogen (secondary N) is 1. The average Bonchev–Trinajstić information content (AvgIpc) is 3.40. The highest BCUT2D eigenvalue weighted by atomic mass is 16.5. The van der Waals surface area contributed by atoms with Crippen molar-refractivity contribution < 1.29 is 14.3 Å². The van der Waals surface area contributed by atoms with Crippen LogP contribution in [0.4, 0.5) is 0 Å². The zero-order chi connectivity index (χ0) is 18.1. The molecule has 1 N–H and O–H groups in total. The fourth-order valence-electron chi connectivity index (χ4n) is 4.95. The van der Waals surface area contributed by atoms with E-state index in [1.165, 1.54) is 25.7 Å². The number of amides is 2. The van der Waals surface area contributed by atoms with E-state index in [4.69, 9.17) is 4.74 Å². The Morgan fingerprint density at radius 3 is 2.35 bits per heavy atom. The lowest BCUT2D eigenvalue weighted by Crippen LogP contribution is -2.49. The van der Waals surface area contributed by atoms with Crippen LogP contribution in [0, 0.1) is 17.8 Å². The molecule has 4 rings (SSSR count). The second-order valence-corrected chi connectivity index (χ2v) is 9.30. The molecule has 2 amide bonds. The number of rotatable bonds is 4. The van der Waals surface area contributed by atoms with Gasteiger partial charge >= 0.3 is 0 Å². The minimum absolute atomic E-state index is 0.0728. The van der Waals surface area contributed by atoms with Gasteiger partial charge in [0, 0.05) is 25.6 Å². The van der Waals surface area contributed by atoms with Crippen LogP contribution >= 0.6 is 0 Å². The average molecular weight is 363 g/mol. The van der Waals surface area contributed by atoms with Crippen molar-refractivity contribution in [1.29, 1.82) is 0 Å². The van der Waals surface area contributed by atoms with Crippen LogP contribution in [-0.4, -0.2) is 48.1 Å². The van der Waals surface area contributed by atoms with Crippen LogP contribution in [0.25, 0.3) is 0 Å². The highest BCUT2D eigenvalue weighted by Gasteiger charge is 2.46. The highest BCUT2D eigenvalue weighted by Crippen LogP contribution is 2.40. The van der Waals surface area contributed by atoms with E-state index in [0.29, 0.717) is 11.8 Å². The Labute approximate surface area is 157 Å². The first kappa shape index (κ1) is 18.3. The molecule has 26 heavy (non-hydrogen) atoms. The van der Waals surface area contributed by atoms with Crippen LogP contribution in [0.5, 0.6) is 0 Å². The summed E-state index contributed by atoms with van der Waals surface area (Å²) in [5.74, 6) is 2.16. The van der Waals surface area contributed by atoms with Gasteiger partial charge in [0.15, 0.2) is 0 Å². The molecule has 2 aliphatic heterocycles. The summed E-state index contributed by atoms with van der Waals surface area (Å²) in [6.45, 7) is 4.69. The van der Waals surface area contributed by atoms with Gasteiger partial charge in [0.2, 0.25) is 11.8 Å². The summed E-state index contributed by atoms with van der Waals surface area (Å²) in [5.41, 5.74) is -0.167. The predicted octanol–water partition coefficient (Wildman–Crippen LogP) is 2.88. The SMILES string of the molecule is CC1CCC(C(=O)N2CCC3(CCC(C(=O)NCC4CC4)O3)CC2)CC1. The molecule has 5 nitrogen and oxygen atoms in total. The maximum Gasteiger partial charge on any atom is 0.249 e. The summed E-state index contributed by atoms with van der Waals surface area (Å²) in [6.07, 6.45) is 10.3. The normalized spacial score (nSPS) is 34.0. The molecule has 2 saturated carbocycles. The molecule has 0 radical (unpaired) electrons. The van der Waals surface area contributed by atoms with Gasteiger partial charge in [0.25, 0.3) is 0 Å². The van der Waals surface area contributed by atoms with E-state index in [2.05, 4.69) is 17.1 Å². The van der Waals surface area contributed by atoms with Crippen molar-refractivity contribution >= 4 is 11.8 Å². The van der Waals surface area contributed by atoms with Gasteiger partial charge in [0.05, 0.1) is 5.60 Å². The van der Waals surface area contributed by atoms with E-state index in [1.54, 1.807) is 0 Å². The lowest BCUT2D eigenvalue weighted by atomic mass is 9.81. The zero-order valence-corrected chi connectivity index (χ0v) is 16.2. The number of nitrogens with zero attached hydrogens (tertiary/aromatic N) is 1. The van der Waals surface area contributed by atoms with Crippen molar-refractivity contribution in [3.05, 3.63) is 0 Å². The number of carbonyl (C=O) groups excluding carboxylic acids is 2. The zero-order valence-electron chi connectivity index (χ0n) is 16.2. The third-order valence-electron chi connectivity index (χ3n) is 7.16. The molecule has 2 heterocycles. The van der Waals surface area contributed by atoms with E-state index in [9.17, 15) is 9.59 Å². The Morgan fingerprint density at radius 1 is 1.00 bits per heavy atom. The van der Waals surface area contributed by atoms with Crippen molar-refractivity contribution in [3.8, 4) is 0 Å². The first-order chi connectivity index (χ1) is 12.5. The number of hydrogen-bond donors (Lipinski definition) is 1. The van der Waals surface area contributed by atoms with Gasteiger partial charge in [-0.05, 0) is 76.0 Å². The van der Waals surface area contributed by atoms with Gasteiger partial charge in [-0.25, -0.2) is 0 Å². The van der Waals surface area contributed by atoms with Crippen LogP contribution in [-0.2, 0) is 14.3 Å². The monoisotopic (exact) mass is 362 g/mol. The van der Waals surface area contributed by atoms with Gasteiger partial charge in [0.1, 0.15) is 6.10 Å². The number of likely N-dealkylation sites (tertiary alicyclic amines) is 1. The van der Waals surface area contributed by atoms with Crippen molar-refractivity contribution in [3.63, 3.8) is 0 Å². The molecular weight excluding hydrogens is 328 g/mol. The minimum Gasteiger partial charge on any atom is -0.362 e. The van der Waals surface area contributed by atoms with E-state index in [-0.39, 0.29) is 23.5 Å². The standard InChI is InChI=1S/C21H34N2O3/c1-15-2-6-17(7-3-15)20(25)23-12-10-21(11-13-23)9-8-18(26-21)19(24)22-14-16-4-5-16/h15-18H,2-14H2,1H3,(H,22,24). The van der Waals surface area contributed by atoms with Crippen LogP contribution in [0.2, 0.25) is 0 Å². The van der Waals surface area contributed by atoms with Crippen molar-refractivity contribution in [2.75, 3.05) is 19.6 Å². The van der Waals surface area contributed by atoms with E-state index in [0.717, 1.165) is 64.1 Å². The third-order valence-corrected chi connectivity index (χ3v) is 7.16. The Hall–Kier alpha value is -1.10. The molecule has 2 saturated heterocycles. The van der Waals surface area contributed by atoms with Gasteiger partial charge in [-0.2, -0.15) is 0 Å². The van der Waals surface area contributed by atoms with Crippen molar-refractivity contribution in [2.24, 2.45) is 17.8 Å². The molecule has 4 fully saturated rings. The lowest BCUT2D eigenvalue weighted by Gasteiger charge is -2.40. The molecule has 2 aliphatic carbocycles. The largest absolute Gasteiger partial charge is 0.362 e. The Kier molecular flexibility index (Phi) is 5.27. The highest BCUT2D eigenvalue weighted by molar-refractivity contribution is 5.81. The molecular formula is C21H34N2O3. The Morgan fingerprint density at radius 2 is 1.69 bits per heavy atom. The molecule has 146 valence electrons. The van der Waals surface area contributed by atoms with Crippen LogP contribution in [0.15, 0.2) is 0 Å². The number of hydrogen-bond acceptors (Lipinski definition) is 3. The summed E-state index contributed by atoms with van der Waals surface area (Å²) in [4.78, 5) is 27.2. The lowest BCUT2D eigenvalue weighted by molar-refractivity contribution is -0.148. The quantitative estimate of drug-likeness (QED) is 0.837. The van der Waals surface area contributed by atoms with Gasteiger partial charge in [-0.3, -0.25) is 9.59 Å². The molecule has 5 heteroatoms. The number of ether oxygens (including phenoxy) is 1. The fourth-order valence-corrected chi connectivity index (χ4v) is 4.95. The topological polar surface area (TPSA) is 58.6 Å². The summed E-state index contributed by atoms with van der Waals surface area (Å²) in [6, 6.07) is 0. The van der Waals surface area contributed by atoms with Gasteiger partial charge in [-0.1, -0.05) is 6.92 Å². The van der Waals surface area contributed by atoms with E-state index >= 15 is 0 Å². The summed E-state index contributed by atoms with van der Waals surface area (Å²) in [7, 11) is 0. The fraction of sp³-hybridized carbons (Fsp3) is 0.905. The molecule has 4 aliphatic rings. The van der Waals surface area contributed by atoms with Gasteiger partial charge in [-0.15, -0.1) is 0 Å². The maximum atomic E-state index is 12.8. The molecule has 1 unspecified atom stereocenters. The summed E-state index contributed by atoms with van der Waals surface area (Å²) < 4.78 is 6.24. The van der Waals surface area contributed by atoms with Crippen LogP contribution in [0.3, 0.4) is 0 Å². The molecule has 0 aromatic carbocycles. The molecule has 0 aromatic heterocycles. The Bertz CT molecular complexity index is 529. The van der Waals surface area contributed by atoms with Crippen molar-refractivity contribution in [1.82, 2.24) is 10.2 Å². The summed E-state index contributed by atoms with van der Waals surface area (Å²) >= 11 is 0. The first-order valence-electron chi connectivity index (χ1n) is 10.8. The number of piperidine rings is 1. The molecule has 1 spiro atoms. The molecule has 0 aromatic rings. The van der Waals surface area contributed by atoms with Crippen LogP contribution < -0.4 is 5.32 Å². The maximum absolute atomic E-state index is 12.8. The summed E-state index contributed by atoms with van der Waals surface area (Å²) in [5, 5.41) is 3.05. The van der Waals surface area contributed by atoms with Crippen molar-refractivity contribution in [2.45, 2.75) is 82.8 Å². The third kappa shape index (κ3) is 4.08. The van der Waals surface area contributed by atoms with Gasteiger partial charge < -0.3 is 15.0 Å². The van der Waals surface area contributed by atoms with E-state index in [1.807, 2.05) is 0 Å². The minimum atomic E-state index is -0.282. The molecule has 1 atom stereocenters. The smallest absolute Gasteiger partial charge is 0.249 e. The van der Waals surface area contributed by atoms with Crippen LogP contribution in [0.1, 0.15) is 71.1 Å². The Balaban J connectivity index is 1.24. The number of carbonyl (C=O) groups is 2. The second kappa shape index (κ2) is 7.49. The molecule has 0 bridgehead atoms. The van der Waals surface area contributed by atoms with E-state index < -0.39 is 0 Å². The second-order valence-electron chi connectivity index (χ2n) is 9.30.